The fraction of sp³-hybridized carbons (Fsp3) is 0.632. The van der Waals surface area contributed by atoms with Crippen molar-refractivity contribution in [1.29, 1.82) is 5.26 Å². The van der Waals surface area contributed by atoms with Crippen molar-refractivity contribution < 1.29 is 9.59 Å². The SMILES string of the molecule is N#CCC[C@]1(CC2CC2)CCc2c(sc(N)c2C(=O)NC2CC2)C1=O. The number of fused-ring (bicyclic) bond motifs is 1. The van der Waals surface area contributed by atoms with Gasteiger partial charge in [-0.1, -0.05) is 12.8 Å². The fourth-order valence-electron chi connectivity index (χ4n) is 4.06. The smallest absolute Gasteiger partial charge is 0.254 e. The van der Waals surface area contributed by atoms with E-state index < -0.39 is 5.41 Å². The number of rotatable bonds is 6. The van der Waals surface area contributed by atoms with Gasteiger partial charge in [0.15, 0.2) is 5.78 Å². The second-order valence-electron chi connectivity index (χ2n) is 7.81. The Balaban J connectivity index is 1.65. The van der Waals surface area contributed by atoms with Crippen molar-refractivity contribution in [3.05, 3.63) is 16.0 Å². The average Bonchev–Trinajstić information content (AvgIpc) is 3.50. The Morgan fingerprint density at radius 3 is 2.76 bits per heavy atom. The number of nitrogen functional groups attached to an aromatic ring is 1. The van der Waals surface area contributed by atoms with E-state index in [0.717, 1.165) is 31.2 Å². The standard InChI is InChI=1S/C19H23N3O2S/c20-9-1-7-19(10-11-2-3-11)8-6-13-14(18(24)22-12-4-5-12)17(21)25-15(13)16(19)23/h11-12H,1-8,10,21H2,(H,22,24)/t19-/m1/s1. The molecule has 1 atom stereocenters. The Labute approximate surface area is 151 Å². The van der Waals surface area contributed by atoms with Gasteiger partial charge in [0.05, 0.1) is 21.5 Å². The van der Waals surface area contributed by atoms with Gasteiger partial charge in [-0.2, -0.15) is 5.26 Å². The Kier molecular flexibility index (Phi) is 4.07. The predicted molar refractivity (Wildman–Crippen MR) is 96.5 cm³/mol. The first-order valence-corrected chi connectivity index (χ1v) is 9.99. The number of thiophene rings is 1. The van der Waals surface area contributed by atoms with Crippen LogP contribution in [0.2, 0.25) is 0 Å². The molecule has 5 nitrogen and oxygen atoms in total. The van der Waals surface area contributed by atoms with Crippen molar-refractivity contribution in [3.63, 3.8) is 0 Å². The molecule has 2 saturated carbocycles. The molecule has 3 aliphatic rings. The van der Waals surface area contributed by atoms with Crippen LogP contribution >= 0.6 is 11.3 Å². The molecule has 0 unspecified atom stereocenters. The summed E-state index contributed by atoms with van der Waals surface area (Å²) in [5.41, 5.74) is 7.08. The largest absolute Gasteiger partial charge is 0.390 e. The molecule has 4 rings (SSSR count). The normalized spacial score (nSPS) is 25.3. The molecule has 3 N–H and O–H groups in total. The van der Waals surface area contributed by atoms with Gasteiger partial charge in [0.2, 0.25) is 0 Å². The third-order valence-electron chi connectivity index (χ3n) is 5.81. The zero-order valence-corrected chi connectivity index (χ0v) is 15.1. The van der Waals surface area contributed by atoms with Gasteiger partial charge >= 0.3 is 0 Å². The molecule has 0 aliphatic heterocycles. The Bertz CT molecular complexity index is 770. The number of nitrogens with zero attached hydrogens (tertiary/aromatic N) is 1. The summed E-state index contributed by atoms with van der Waals surface area (Å²) in [6.45, 7) is 0. The summed E-state index contributed by atoms with van der Waals surface area (Å²) in [6.07, 6.45) is 7.78. The van der Waals surface area contributed by atoms with E-state index in [-0.39, 0.29) is 17.7 Å². The van der Waals surface area contributed by atoms with Gasteiger partial charge < -0.3 is 11.1 Å². The van der Waals surface area contributed by atoms with E-state index in [2.05, 4.69) is 11.4 Å². The lowest BCUT2D eigenvalue weighted by Gasteiger charge is -2.35. The molecule has 132 valence electrons. The van der Waals surface area contributed by atoms with Gasteiger partial charge in [-0.05, 0) is 50.0 Å². The fourth-order valence-corrected chi connectivity index (χ4v) is 5.24. The van der Waals surface area contributed by atoms with Crippen LogP contribution < -0.4 is 11.1 Å². The number of nitriles is 1. The van der Waals surface area contributed by atoms with Crippen molar-refractivity contribution in [2.75, 3.05) is 5.73 Å². The summed E-state index contributed by atoms with van der Waals surface area (Å²) in [5, 5.41) is 12.5. The van der Waals surface area contributed by atoms with Crippen molar-refractivity contribution in [3.8, 4) is 6.07 Å². The van der Waals surface area contributed by atoms with Crippen LogP contribution in [0.1, 0.15) is 77.0 Å². The molecule has 0 bridgehead atoms. The third kappa shape index (κ3) is 3.06. The topological polar surface area (TPSA) is 96.0 Å². The summed E-state index contributed by atoms with van der Waals surface area (Å²) in [7, 11) is 0. The number of carbonyl (C=O) groups is 2. The van der Waals surface area contributed by atoms with Gasteiger partial charge in [0.1, 0.15) is 0 Å². The molecule has 0 spiro atoms. The lowest BCUT2D eigenvalue weighted by atomic mass is 9.67. The van der Waals surface area contributed by atoms with Crippen molar-refractivity contribution in [2.45, 2.75) is 63.8 Å². The van der Waals surface area contributed by atoms with E-state index >= 15 is 0 Å². The number of nitrogens with one attached hydrogen (secondary N) is 1. The highest BCUT2D eigenvalue weighted by molar-refractivity contribution is 7.18. The zero-order chi connectivity index (χ0) is 17.6. The number of amides is 1. The maximum Gasteiger partial charge on any atom is 0.254 e. The van der Waals surface area contributed by atoms with Crippen LogP contribution in [0.4, 0.5) is 5.00 Å². The van der Waals surface area contributed by atoms with Crippen LogP contribution in [-0.4, -0.2) is 17.7 Å². The number of nitrogens with two attached hydrogens (primary N) is 1. The van der Waals surface area contributed by atoms with Crippen molar-refractivity contribution in [2.24, 2.45) is 11.3 Å². The number of carbonyl (C=O) groups excluding carboxylic acids is 2. The minimum absolute atomic E-state index is 0.123. The molecule has 0 radical (unpaired) electrons. The summed E-state index contributed by atoms with van der Waals surface area (Å²) in [6, 6.07) is 2.47. The Morgan fingerprint density at radius 1 is 1.36 bits per heavy atom. The number of ketones is 1. The molecular formula is C19H23N3O2S. The molecule has 0 saturated heterocycles. The number of Topliss-reactive ketones (excluding diaryl/α,β-unsaturated/α-hetero) is 1. The monoisotopic (exact) mass is 357 g/mol. The Hall–Kier alpha value is -1.87. The summed E-state index contributed by atoms with van der Waals surface area (Å²) < 4.78 is 0. The predicted octanol–water partition coefficient (Wildman–Crippen LogP) is 3.44. The maximum absolute atomic E-state index is 13.3. The van der Waals surface area contributed by atoms with E-state index in [1.165, 1.54) is 24.2 Å². The molecule has 2 fully saturated rings. The van der Waals surface area contributed by atoms with Crippen LogP contribution in [-0.2, 0) is 6.42 Å². The molecule has 1 amide bonds. The van der Waals surface area contributed by atoms with Gasteiger partial charge in [0.25, 0.3) is 5.91 Å². The van der Waals surface area contributed by atoms with E-state index in [0.29, 0.717) is 40.6 Å². The zero-order valence-electron chi connectivity index (χ0n) is 14.3. The molecule has 25 heavy (non-hydrogen) atoms. The molecule has 1 heterocycles. The summed E-state index contributed by atoms with van der Waals surface area (Å²) >= 11 is 1.27. The van der Waals surface area contributed by atoms with E-state index in [4.69, 9.17) is 11.0 Å². The first kappa shape index (κ1) is 16.6. The first-order chi connectivity index (χ1) is 12.0. The van der Waals surface area contributed by atoms with Crippen LogP contribution in [0.15, 0.2) is 0 Å². The van der Waals surface area contributed by atoms with Gasteiger partial charge in [0, 0.05) is 17.9 Å². The summed E-state index contributed by atoms with van der Waals surface area (Å²) in [4.78, 5) is 26.6. The van der Waals surface area contributed by atoms with E-state index in [1.54, 1.807) is 0 Å². The maximum atomic E-state index is 13.3. The van der Waals surface area contributed by atoms with Gasteiger partial charge in [-0.25, -0.2) is 0 Å². The highest BCUT2D eigenvalue weighted by Gasteiger charge is 2.47. The Morgan fingerprint density at radius 2 is 2.12 bits per heavy atom. The van der Waals surface area contributed by atoms with Crippen molar-refractivity contribution >= 4 is 28.0 Å². The molecule has 6 heteroatoms. The van der Waals surface area contributed by atoms with Gasteiger partial charge in [-0.15, -0.1) is 11.3 Å². The molecular weight excluding hydrogens is 334 g/mol. The molecule has 1 aromatic rings. The highest BCUT2D eigenvalue weighted by atomic mass is 32.1. The van der Waals surface area contributed by atoms with Crippen LogP contribution in [0.25, 0.3) is 0 Å². The van der Waals surface area contributed by atoms with E-state index in [9.17, 15) is 9.59 Å². The number of hydrogen-bond acceptors (Lipinski definition) is 5. The lowest BCUT2D eigenvalue weighted by molar-refractivity contribution is 0.0713. The van der Waals surface area contributed by atoms with Crippen LogP contribution in [0, 0.1) is 22.7 Å². The van der Waals surface area contributed by atoms with Gasteiger partial charge in [-0.3, -0.25) is 9.59 Å². The lowest BCUT2D eigenvalue weighted by Crippen LogP contribution is -2.37. The van der Waals surface area contributed by atoms with Crippen LogP contribution in [0.3, 0.4) is 0 Å². The third-order valence-corrected chi connectivity index (χ3v) is 6.87. The minimum atomic E-state index is -0.425. The molecule has 0 aromatic carbocycles. The quantitative estimate of drug-likeness (QED) is 0.815. The molecule has 3 aliphatic carbocycles. The van der Waals surface area contributed by atoms with Crippen molar-refractivity contribution in [1.82, 2.24) is 5.32 Å². The number of anilines is 1. The second-order valence-corrected chi connectivity index (χ2v) is 8.86. The van der Waals surface area contributed by atoms with Crippen LogP contribution in [0.5, 0.6) is 0 Å². The first-order valence-electron chi connectivity index (χ1n) is 9.18. The summed E-state index contributed by atoms with van der Waals surface area (Å²) in [5.74, 6) is 0.620. The minimum Gasteiger partial charge on any atom is -0.390 e. The number of hydrogen-bond donors (Lipinski definition) is 2. The highest BCUT2D eigenvalue weighted by Crippen LogP contribution is 2.51. The molecule has 1 aromatic heterocycles. The second kappa shape index (κ2) is 6.14. The van der Waals surface area contributed by atoms with E-state index in [1.807, 2.05) is 0 Å². The average molecular weight is 357 g/mol.